The molecule has 0 aromatic heterocycles. The SMILES string of the molecule is CC(=O)/C=C/C1(C)SC(=O)C(C)=C1N1CCCC1. The third-order valence-electron chi connectivity index (χ3n) is 3.49. The maximum atomic E-state index is 12.0. The van der Waals surface area contributed by atoms with Crippen LogP contribution in [0.3, 0.4) is 0 Å². The first kappa shape index (κ1) is 13.4. The average Bonchev–Trinajstić information content (AvgIpc) is 2.86. The van der Waals surface area contributed by atoms with Gasteiger partial charge in [-0.15, -0.1) is 0 Å². The molecule has 1 atom stereocenters. The van der Waals surface area contributed by atoms with Gasteiger partial charge >= 0.3 is 0 Å². The Morgan fingerprint density at radius 1 is 1.39 bits per heavy atom. The van der Waals surface area contributed by atoms with Crippen molar-refractivity contribution in [3.63, 3.8) is 0 Å². The maximum Gasteiger partial charge on any atom is 0.218 e. The van der Waals surface area contributed by atoms with E-state index in [1.807, 2.05) is 19.9 Å². The molecule has 2 aliphatic rings. The van der Waals surface area contributed by atoms with Crippen LogP contribution in [0.5, 0.6) is 0 Å². The lowest BCUT2D eigenvalue weighted by molar-refractivity contribution is -0.112. The first-order valence-electron chi connectivity index (χ1n) is 6.33. The Bertz CT molecular complexity index is 447. The van der Waals surface area contributed by atoms with E-state index in [-0.39, 0.29) is 15.6 Å². The highest BCUT2D eigenvalue weighted by Crippen LogP contribution is 2.46. The molecule has 2 heterocycles. The van der Waals surface area contributed by atoms with Crippen molar-refractivity contribution in [3.8, 4) is 0 Å². The number of thioether (sulfide) groups is 1. The smallest absolute Gasteiger partial charge is 0.218 e. The fourth-order valence-corrected chi connectivity index (χ4v) is 3.82. The van der Waals surface area contributed by atoms with Crippen molar-refractivity contribution in [1.29, 1.82) is 0 Å². The second-order valence-corrected chi connectivity index (χ2v) is 6.53. The summed E-state index contributed by atoms with van der Waals surface area (Å²) in [4.78, 5) is 25.4. The molecule has 0 aromatic carbocycles. The number of hydrogen-bond donors (Lipinski definition) is 0. The quantitative estimate of drug-likeness (QED) is 0.735. The van der Waals surface area contributed by atoms with Gasteiger partial charge in [0.05, 0.1) is 4.75 Å². The number of nitrogens with zero attached hydrogens (tertiary/aromatic N) is 1. The van der Waals surface area contributed by atoms with E-state index < -0.39 is 0 Å². The Morgan fingerprint density at radius 3 is 2.56 bits per heavy atom. The van der Waals surface area contributed by atoms with E-state index in [9.17, 15) is 9.59 Å². The molecular formula is C14H19NO2S. The summed E-state index contributed by atoms with van der Waals surface area (Å²) >= 11 is 1.32. The van der Waals surface area contributed by atoms with E-state index >= 15 is 0 Å². The first-order valence-corrected chi connectivity index (χ1v) is 7.15. The Balaban J connectivity index is 2.35. The fraction of sp³-hybridized carbons (Fsp3) is 0.571. The Morgan fingerprint density at radius 2 is 2.00 bits per heavy atom. The molecule has 2 aliphatic heterocycles. The second kappa shape index (κ2) is 4.92. The van der Waals surface area contributed by atoms with Crippen molar-refractivity contribution < 1.29 is 9.59 Å². The van der Waals surface area contributed by atoms with Gasteiger partial charge in [0.15, 0.2) is 5.78 Å². The van der Waals surface area contributed by atoms with Gasteiger partial charge < -0.3 is 4.90 Å². The summed E-state index contributed by atoms with van der Waals surface area (Å²) in [6.45, 7) is 7.50. The van der Waals surface area contributed by atoms with Gasteiger partial charge in [0, 0.05) is 24.4 Å². The highest BCUT2D eigenvalue weighted by Gasteiger charge is 2.42. The van der Waals surface area contributed by atoms with E-state index in [0.29, 0.717) is 0 Å². The second-order valence-electron chi connectivity index (χ2n) is 5.11. The summed E-state index contributed by atoms with van der Waals surface area (Å²) in [6, 6.07) is 0. The molecule has 98 valence electrons. The van der Waals surface area contributed by atoms with Crippen LogP contribution in [0.2, 0.25) is 0 Å². The number of allylic oxidation sites excluding steroid dienone is 1. The topological polar surface area (TPSA) is 37.4 Å². The zero-order chi connectivity index (χ0) is 13.3. The molecule has 2 rings (SSSR count). The zero-order valence-corrected chi connectivity index (χ0v) is 12.0. The number of carbonyl (C=O) groups excluding carboxylic acids is 2. The number of ketones is 1. The molecule has 1 fully saturated rings. The lowest BCUT2D eigenvalue weighted by Crippen LogP contribution is -2.31. The van der Waals surface area contributed by atoms with Gasteiger partial charge in [0.25, 0.3) is 0 Å². The van der Waals surface area contributed by atoms with Gasteiger partial charge in [-0.3, -0.25) is 9.59 Å². The van der Waals surface area contributed by atoms with Crippen LogP contribution in [0.15, 0.2) is 23.4 Å². The highest BCUT2D eigenvalue weighted by molar-refractivity contribution is 8.16. The van der Waals surface area contributed by atoms with Crippen molar-refractivity contribution >= 4 is 22.7 Å². The van der Waals surface area contributed by atoms with Gasteiger partial charge in [-0.1, -0.05) is 17.8 Å². The highest BCUT2D eigenvalue weighted by atomic mass is 32.2. The summed E-state index contributed by atoms with van der Waals surface area (Å²) in [6.07, 6.45) is 5.82. The van der Waals surface area contributed by atoms with Gasteiger partial charge in [0.1, 0.15) is 0 Å². The molecule has 0 N–H and O–H groups in total. The van der Waals surface area contributed by atoms with Crippen molar-refractivity contribution in [3.05, 3.63) is 23.4 Å². The molecule has 0 bridgehead atoms. The van der Waals surface area contributed by atoms with Gasteiger partial charge in [0.2, 0.25) is 5.12 Å². The molecular weight excluding hydrogens is 246 g/mol. The van der Waals surface area contributed by atoms with E-state index in [0.717, 1.165) is 24.4 Å². The molecule has 0 amide bonds. The molecule has 0 spiro atoms. The summed E-state index contributed by atoms with van der Waals surface area (Å²) < 4.78 is -0.378. The van der Waals surface area contributed by atoms with Crippen LogP contribution >= 0.6 is 11.8 Å². The Kier molecular flexibility index (Phi) is 3.66. The summed E-state index contributed by atoms with van der Waals surface area (Å²) in [5, 5.41) is 0.132. The summed E-state index contributed by atoms with van der Waals surface area (Å²) in [5.74, 6) is 0.0228. The van der Waals surface area contributed by atoms with E-state index in [4.69, 9.17) is 0 Å². The van der Waals surface area contributed by atoms with Gasteiger partial charge in [-0.25, -0.2) is 0 Å². The Labute approximate surface area is 112 Å². The van der Waals surface area contributed by atoms with E-state index in [1.165, 1.54) is 31.5 Å². The predicted octanol–water partition coefficient (Wildman–Crippen LogP) is 2.53. The molecule has 1 saturated heterocycles. The lowest BCUT2D eigenvalue weighted by atomic mass is 10.0. The molecule has 1 unspecified atom stereocenters. The zero-order valence-electron chi connectivity index (χ0n) is 11.2. The van der Waals surface area contributed by atoms with Gasteiger partial charge in [-0.05, 0) is 39.7 Å². The minimum absolute atomic E-state index is 0.0228. The van der Waals surface area contributed by atoms with Crippen molar-refractivity contribution in [2.45, 2.75) is 38.4 Å². The number of hydrogen-bond acceptors (Lipinski definition) is 4. The molecule has 0 radical (unpaired) electrons. The molecule has 0 saturated carbocycles. The molecule has 18 heavy (non-hydrogen) atoms. The molecule has 0 aromatic rings. The standard InChI is InChI=1S/C14H19NO2S/c1-10(16)6-7-14(3)12(11(2)13(17)18-14)15-8-4-5-9-15/h6-7H,4-5,8-9H2,1-3H3/b7-6+. The largest absolute Gasteiger partial charge is 0.373 e. The third-order valence-corrected chi connectivity index (χ3v) is 4.74. The number of likely N-dealkylation sites (tertiary alicyclic amines) is 1. The normalized spacial score (nSPS) is 28.8. The van der Waals surface area contributed by atoms with Crippen LogP contribution in [0, 0.1) is 0 Å². The van der Waals surface area contributed by atoms with Crippen LogP contribution in [0.1, 0.15) is 33.6 Å². The van der Waals surface area contributed by atoms with E-state index in [1.54, 1.807) is 6.08 Å². The molecule has 3 nitrogen and oxygen atoms in total. The van der Waals surface area contributed by atoms with Crippen LogP contribution < -0.4 is 0 Å². The minimum Gasteiger partial charge on any atom is -0.373 e. The van der Waals surface area contributed by atoms with Crippen molar-refractivity contribution in [1.82, 2.24) is 4.90 Å². The predicted molar refractivity (Wildman–Crippen MR) is 74.3 cm³/mol. The average molecular weight is 265 g/mol. The van der Waals surface area contributed by atoms with Crippen LogP contribution in [0.25, 0.3) is 0 Å². The third kappa shape index (κ3) is 2.39. The lowest BCUT2D eigenvalue weighted by Gasteiger charge is -2.30. The van der Waals surface area contributed by atoms with Crippen LogP contribution in [0.4, 0.5) is 0 Å². The minimum atomic E-state index is -0.378. The monoisotopic (exact) mass is 265 g/mol. The molecule has 0 aliphatic carbocycles. The Hall–Kier alpha value is -1.03. The maximum absolute atomic E-state index is 12.0. The number of rotatable bonds is 3. The van der Waals surface area contributed by atoms with Gasteiger partial charge in [-0.2, -0.15) is 0 Å². The first-order chi connectivity index (χ1) is 8.44. The van der Waals surface area contributed by atoms with Crippen molar-refractivity contribution in [2.24, 2.45) is 0 Å². The molecule has 4 heteroatoms. The summed E-state index contributed by atoms with van der Waals surface area (Å²) in [5.41, 5.74) is 1.95. The van der Waals surface area contributed by atoms with E-state index in [2.05, 4.69) is 4.90 Å². The summed E-state index contributed by atoms with van der Waals surface area (Å²) in [7, 11) is 0. The van der Waals surface area contributed by atoms with Crippen LogP contribution in [-0.4, -0.2) is 33.6 Å². The van der Waals surface area contributed by atoms with Crippen LogP contribution in [-0.2, 0) is 9.59 Å². The van der Waals surface area contributed by atoms with Crippen molar-refractivity contribution in [2.75, 3.05) is 13.1 Å². The number of carbonyl (C=O) groups is 2. The fourth-order valence-electron chi connectivity index (χ4n) is 2.67.